The summed E-state index contributed by atoms with van der Waals surface area (Å²) in [6.07, 6.45) is 2.72. The third kappa shape index (κ3) is 3.54. The maximum atomic E-state index is 12.4. The third-order valence-electron chi connectivity index (χ3n) is 3.46. The van der Waals surface area contributed by atoms with Crippen LogP contribution in [-0.4, -0.2) is 31.2 Å². The van der Waals surface area contributed by atoms with Crippen molar-refractivity contribution in [2.24, 2.45) is 5.92 Å². The Balaban J connectivity index is 2.34. The number of amides is 1. The van der Waals surface area contributed by atoms with Crippen LogP contribution >= 0.6 is 0 Å². The van der Waals surface area contributed by atoms with Gasteiger partial charge in [-0.05, 0) is 12.5 Å². The molecule has 2 rings (SSSR count). The van der Waals surface area contributed by atoms with Crippen molar-refractivity contribution in [3.63, 3.8) is 0 Å². The van der Waals surface area contributed by atoms with E-state index in [1.54, 1.807) is 13.0 Å². The van der Waals surface area contributed by atoms with Crippen LogP contribution in [-0.2, 0) is 25.2 Å². The molecule has 0 saturated carbocycles. The van der Waals surface area contributed by atoms with E-state index >= 15 is 0 Å². The second kappa shape index (κ2) is 7.22. The molecular weight excluding hydrogens is 306 g/mol. The Morgan fingerprint density at radius 2 is 1.95 bits per heavy atom. The third-order valence-corrected chi connectivity index (χ3v) is 4.15. The number of allylic oxidation sites excluding steroid dienone is 1. The van der Waals surface area contributed by atoms with Crippen molar-refractivity contribution in [2.45, 2.75) is 19.3 Å². The molecule has 6 nitrogen and oxygen atoms in total. The van der Waals surface area contributed by atoms with E-state index in [0.717, 1.165) is 5.56 Å². The molecule has 1 heterocycles. The molecule has 1 aromatic rings. The molecule has 0 spiro atoms. The molecule has 2 atom stereocenters. The Morgan fingerprint density at radius 3 is 2.55 bits per heavy atom. The highest BCUT2D eigenvalue weighted by atomic mass is 32.2. The van der Waals surface area contributed by atoms with E-state index in [1.165, 1.54) is 6.20 Å². The Bertz CT molecular complexity index is 645. The first-order chi connectivity index (χ1) is 10.5. The number of carbonyl (C=O) groups excluding carboxylic acids is 2. The lowest BCUT2D eigenvalue weighted by Gasteiger charge is -2.30. The maximum Gasteiger partial charge on any atom is 0.306 e. The van der Waals surface area contributed by atoms with Crippen LogP contribution < -0.4 is 0 Å². The van der Waals surface area contributed by atoms with E-state index in [2.05, 4.69) is 0 Å². The SMILES string of the molecule is CCOC(=O)C[C@H]1C(=O)N([SH](=O)=O)C=C[C@H]1c1ccccc1. The zero-order chi connectivity index (χ0) is 16.1. The Labute approximate surface area is 130 Å². The minimum absolute atomic E-state index is 0.157. The smallest absolute Gasteiger partial charge is 0.306 e. The number of rotatable bonds is 5. The van der Waals surface area contributed by atoms with E-state index < -0.39 is 28.7 Å². The minimum Gasteiger partial charge on any atom is -0.466 e. The van der Waals surface area contributed by atoms with E-state index in [0.29, 0.717) is 4.31 Å². The van der Waals surface area contributed by atoms with Gasteiger partial charge in [-0.1, -0.05) is 36.4 Å². The zero-order valence-corrected chi connectivity index (χ0v) is 12.9. The number of esters is 1. The van der Waals surface area contributed by atoms with Crippen LogP contribution in [0.15, 0.2) is 42.6 Å². The summed E-state index contributed by atoms with van der Waals surface area (Å²) in [5.41, 5.74) is 0.849. The van der Waals surface area contributed by atoms with Crippen molar-refractivity contribution >= 4 is 22.8 Å². The summed E-state index contributed by atoms with van der Waals surface area (Å²) in [5.74, 6) is -2.28. The van der Waals surface area contributed by atoms with E-state index in [1.807, 2.05) is 30.3 Å². The standard InChI is InChI=1S/C15H17NO5S/c1-2-21-14(17)10-13-12(11-6-4-3-5-7-11)8-9-16(15(13)18)22(19)20/h3-9,12-13,22H,2,10H2,1H3/t12-,13+/m0/s1. The number of nitrogens with zero attached hydrogens (tertiary/aromatic N) is 1. The van der Waals surface area contributed by atoms with Gasteiger partial charge in [-0.2, -0.15) is 0 Å². The fourth-order valence-electron chi connectivity index (χ4n) is 2.47. The van der Waals surface area contributed by atoms with Gasteiger partial charge in [0.05, 0.1) is 18.9 Å². The quantitative estimate of drug-likeness (QED) is 0.651. The molecule has 1 aromatic carbocycles. The first-order valence-electron chi connectivity index (χ1n) is 6.90. The summed E-state index contributed by atoms with van der Waals surface area (Å²) in [4.78, 5) is 24.1. The number of ether oxygens (including phenoxy) is 1. The average molecular weight is 323 g/mol. The van der Waals surface area contributed by atoms with Crippen molar-refractivity contribution in [1.29, 1.82) is 0 Å². The monoisotopic (exact) mass is 323 g/mol. The van der Waals surface area contributed by atoms with Crippen LogP contribution in [0.2, 0.25) is 0 Å². The highest BCUT2D eigenvalue weighted by molar-refractivity contribution is 7.70. The topological polar surface area (TPSA) is 80.8 Å². The van der Waals surface area contributed by atoms with Gasteiger partial charge in [-0.3, -0.25) is 9.59 Å². The number of carbonyl (C=O) groups is 2. The summed E-state index contributed by atoms with van der Waals surface area (Å²) in [5, 5.41) is 0. The van der Waals surface area contributed by atoms with Gasteiger partial charge < -0.3 is 4.74 Å². The van der Waals surface area contributed by atoms with Gasteiger partial charge >= 0.3 is 5.97 Å². The van der Waals surface area contributed by atoms with Gasteiger partial charge in [0, 0.05) is 12.1 Å². The molecule has 1 aliphatic heterocycles. The van der Waals surface area contributed by atoms with Crippen molar-refractivity contribution in [2.75, 3.05) is 6.61 Å². The molecule has 22 heavy (non-hydrogen) atoms. The van der Waals surface area contributed by atoms with Gasteiger partial charge in [0.25, 0.3) is 0 Å². The molecule has 0 fully saturated rings. The summed E-state index contributed by atoms with van der Waals surface area (Å²) in [7, 11) is -3.06. The second-order valence-corrected chi connectivity index (χ2v) is 5.72. The lowest BCUT2D eigenvalue weighted by Crippen LogP contribution is -2.38. The van der Waals surface area contributed by atoms with Crippen LogP contribution in [0.25, 0.3) is 0 Å². The summed E-state index contributed by atoms with van der Waals surface area (Å²) in [6, 6.07) is 9.19. The van der Waals surface area contributed by atoms with Gasteiger partial charge in [0.2, 0.25) is 16.8 Å². The summed E-state index contributed by atoms with van der Waals surface area (Å²) < 4.78 is 27.8. The first-order valence-corrected chi connectivity index (χ1v) is 8.04. The number of hydrogen-bond donors (Lipinski definition) is 1. The molecule has 0 saturated heterocycles. The molecule has 1 aliphatic rings. The van der Waals surface area contributed by atoms with Gasteiger partial charge in [-0.15, -0.1) is 0 Å². The van der Waals surface area contributed by atoms with Crippen LogP contribution in [0.3, 0.4) is 0 Å². The summed E-state index contributed by atoms with van der Waals surface area (Å²) in [6.45, 7) is 1.89. The highest BCUT2D eigenvalue weighted by Gasteiger charge is 2.37. The Hall–Kier alpha value is -2.15. The normalized spacial score (nSPS) is 21.2. The molecule has 0 aliphatic carbocycles. The van der Waals surface area contributed by atoms with Crippen molar-refractivity contribution in [3.8, 4) is 0 Å². The molecule has 0 bridgehead atoms. The van der Waals surface area contributed by atoms with Gasteiger partial charge in [0.15, 0.2) is 0 Å². The average Bonchev–Trinajstić information content (AvgIpc) is 2.50. The molecule has 0 radical (unpaired) electrons. The number of hydrogen-bond acceptors (Lipinski definition) is 5. The lowest BCUT2D eigenvalue weighted by atomic mass is 9.82. The second-order valence-electron chi connectivity index (χ2n) is 4.81. The fourth-order valence-corrected chi connectivity index (χ4v) is 2.97. The molecule has 118 valence electrons. The zero-order valence-electron chi connectivity index (χ0n) is 12.0. The molecule has 0 unspecified atom stereocenters. The van der Waals surface area contributed by atoms with Gasteiger partial charge in [0.1, 0.15) is 0 Å². The lowest BCUT2D eigenvalue weighted by molar-refractivity contribution is -0.147. The molecular formula is C15H17NO5S. The van der Waals surface area contributed by atoms with Crippen molar-refractivity contribution < 1.29 is 22.7 Å². The van der Waals surface area contributed by atoms with E-state index in [9.17, 15) is 18.0 Å². The molecule has 0 N–H and O–H groups in total. The summed E-state index contributed by atoms with van der Waals surface area (Å²) >= 11 is 0. The fraction of sp³-hybridized carbons (Fsp3) is 0.333. The van der Waals surface area contributed by atoms with Crippen LogP contribution in [0.4, 0.5) is 0 Å². The van der Waals surface area contributed by atoms with Crippen molar-refractivity contribution in [3.05, 3.63) is 48.2 Å². The number of benzene rings is 1. The minimum atomic E-state index is -3.06. The Morgan fingerprint density at radius 1 is 1.27 bits per heavy atom. The van der Waals surface area contributed by atoms with E-state index in [-0.39, 0.29) is 18.9 Å². The maximum absolute atomic E-state index is 12.4. The largest absolute Gasteiger partial charge is 0.466 e. The first kappa shape index (κ1) is 16.2. The van der Waals surface area contributed by atoms with E-state index in [4.69, 9.17) is 4.74 Å². The van der Waals surface area contributed by atoms with Crippen LogP contribution in [0, 0.1) is 5.92 Å². The molecule has 7 heteroatoms. The highest BCUT2D eigenvalue weighted by Crippen LogP contribution is 2.34. The van der Waals surface area contributed by atoms with Crippen LogP contribution in [0.1, 0.15) is 24.8 Å². The molecule has 1 amide bonds. The van der Waals surface area contributed by atoms with Crippen molar-refractivity contribution in [1.82, 2.24) is 4.31 Å². The van der Waals surface area contributed by atoms with Gasteiger partial charge in [-0.25, -0.2) is 12.7 Å². The number of thiol groups is 1. The molecule has 0 aromatic heterocycles. The Kier molecular flexibility index (Phi) is 5.32. The van der Waals surface area contributed by atoms with Crippen LogP contribution in [0.5, 0.6) is 0 Å². The predicted octanol–water partition coefficient (Wildman–Crippen LogP) is 1.22. The predicted molar refractivity (Wildman–Crippen MR) is 80.2 cm³/mol.